The molecule has 0 radical (unpaired) electrons. The van der Waals surface area contributed by atoms with Crippen LogP contribution in [0, 0.1) is 11.3 Å². The van der Waals surface area contributed by atoms with Gasteiger partial charge >= 0.3 is 0 Å². The Bertz CT molecular complexity index is 392. The fourth-order valence-electron chi connectivity index (χ4n) is 1.20. The van der Waals surface area contributed by atoms with Gasteiger partial charge in [0.1, 0.15) is 0 Å². The number of hydrogen-bond donors (Lipinski definition) is 2. The van der Waals surface area contributed by atoms with Crippen molar-refractivity contribution in [2.24, 2.45) is 5.73 Å². The summed E-state index contributed by atoms with van der Waals surface area (Å²) in [6, 6.07) is 8.67. The molecule has 0 bridgehead atoms. The number of amides is 1. The van der Waals surface area contributed by atoms with E-state index in [0.717, 1.165) is 5.56 Å². The third kappa shape index (κ3) is 3.37. The van der Waals surface area contributed by atoms with Crippen molar-refractivity contribution >= 4 is 5.91 Å². The lowest BCUT2D eigenvalue weighted by molar-refractivity contribution is -0.122. The summed E-state index contributed by atoms with van der Waals surface area (Å²) in [6.07, 6.45) is 0.624. The molecule has 0 aliphatic rings. The molecule has 0 heterocycles. The summed E-state index contributed by atoms with van der Waals surface area (Å²) in [4.78, 5) is 11.4. The summed E-state index contributed by atoms with van der Waals surface area (Å²) in [7, 11) is 0. The first-order chi connectivity index (χ1) is 7.67. The molecule has 4 nitrogen and oxygen atoms in total. The van der Waals surface area contributed by atoms with Crippen molar-refractivity contribution in [3.8, 4) is 6.07 Å². The zero-order chi connectivity index (χ0) is 12.0. The maximum atomic E-state index is 11.4. The average molecular weight is 217 g/mol. The van der Waals surface area contributed by atoms with Gasteiger partial charge in [-0.25, -0.2) is 0 Å². The third-order valence-electron chi connectivity index (χ3n) is 2.33. The fourth-order valence-corrected chi connectivity index (χ4v) is 1.20. The molecular weight excluding hydrogens is 202 g/mol. The first-order valence-electron chi connectivity index (χ1n) is 5.19. The quantitative estimate of drug-likeness (QED) is 0.786. The molecule has 0 spiro atoms. The van der Waals surface area contributed by atoms with E-state index in [2.05, 4.69) is 5.32 Å². The zero-order valence-corrected chi connectivity index (χ0v) is 9.23. The molecule has 1 aromatic carbocycles. The van der Waals surface area contributed by atoms with Crippen LogP contribution >= 0.6 is 0 Å². The molecule has 0 aliphatic carbocycles. The van der Waals surface area contributed by atoms with E-state index in [0.29, 0.717) is 18.5 Å². The molecule has 0 saturated heterocycles. The smallest absolute Gasteiger partial charge is 0.237 e. The number of carbonyl (C=O) groups is 1. The topological polar surface area (TPSA) is 78.9 Å². The normalized spacial score (nSPS) is 11.6. The summed E-state index contributed by atoms with van der Waals surface area (Å²) in [6.45, 7) is 2.31. The first-order valence-corrected chi connectivity index (χ1v) is 5.19. The Hall–Kier alpha value is -1.86. The second-order valence-electron chi connectivity index (χ2n) is 3.54. The Morgan fingerprint density at radius 2 is 2.12 bits per heavy atom. The number of carbonyl (C=O) groups excluding carboxylic acids is 1. The van der Waals surface area contributed by atoms with Crippen LogP contribution in [0.15, 0.2) is 24.3 Å². The maximum absolute atomic E-state index is 11.4. The van der Waals surface area contributed by atoms with Crippen molar-refractivity contribution in [2.75, 3.05) is 0 Å². The molecule has 1 atom stereocenters. The third-order valence-corrected chi connectivity index (χ3v) is 2.33. The largest absolute Gasteiger partial charge is 0.351 e. The highest BCUT2D eigenvalue weighted by atomic mass is 16.2. The summed E-state index contributed by atoms with van der Waals surface area (Å²) in [5, 5.41) is 11.4. The SMILES string of the molecule is CC[C@H](N)C(=O)NCc1ccc(C#N)cc1. The van der Waals surface area contributed by atoms with Crippen LogP contribution < -0.4 is 11.1 Å². The average Bonchev–Trinajstić information content (AvgIpc) is 2.35. The van der Waals surface area contributed by atoms with Gasteiger partial charge in [0.15, 0.2) is 0 Å². The number of hydrogen-bond acceptors (Lipinski definition) is 3. The van der Waals surface area contributed by atoms with Gasteiger partial charge in [0.05, 0.1) is 17.7 Å². The van der Waals surface area contributed by atoms with Crippen molar-refractivity contribution in [2.45, 2.75) is 25.9 Å². The highest BCUT2D eigenvalue weighted by molar-refractivity contribution is 5.81. The van der Waals surface area contributed by atoms with Crippen LogP contribution in [0.1, 0.15) is 24.5 Å². The molecule has 0 unspecified atom stereocenters. The van der Waals surface area contributed by atoms with E-state index in [1.807, 2.05) is 25.1 Å². The molecule has 0 aromatic heterocycles. The van der Waals surface area contributed by atoms with Crippen molar-refractivity contribution < 1.29 is 4.79 Å². The van der Waals surface area contributed by atoms with E-state index in [4.69, 9.17) is 11.0 Å². The lowest BCUT2D eigenvalue weighted by atomic mass is 10.1. The molecule has 0 saturated carbocycles. The van der Waals surface area contributed by atoms with Gasteiger partial charge in [0.2, 0.25) is 5.91 Å². The second-order valence-corrected chi connectivity index (χ2v) is 3.54. The van der Waals surface area contributed by atoms with Crippen molar-refractivity contribution in [1.82, 2.24) is 5.32 Å². The number of nitrogens with zero attached hydrogens (tertiary/aromatic N) is 1. The minimum atomic E-state index is -0.446. The second kappa shape index (κ2) is 5.89. The molecule has 1 aromatic rings. The van der Waals surface area contributed by atoms with Gasteiger partial charge in [0, 0.05) is 6.54 Å². The molecule has 4 heteroatoms. The van der Waals surface area contributed by atoms with Gasteiger partial charge in [-0.15, -0.1) is 0 Å². The minimum Gasteiger partial charge on any atom is -0.351 e. The van der Waals surface area contributed by atoms with Crippen LogP contribution in [0.25, 0.3) is 0 Å². The van der Waals surface area contributed by atoms with E-state index in [-0.39, 0.29) is 5.91 Å². The maximum Gasteiger partial charge on any atom is 0.237 e. The predicted octanol–water partition coefficient (Wildman–Crippen LogP) is 0.912. The Morgan fingerprint density at radius 3 is 2.62 bits per heavy atom. The summed E-state index contributed by atoms with van der Waals surface area (Å²) in [5.74, 6) is -0.146. The number of nitrogens with one attached hydrogen (secondary N) is 1. The van der Waals surface area contributed by atoms with Gasteiger partial charge in [-0.1, -0.05) is 19.1 Å². The number of nitriles is 1. The van der Waals surface area contributed by atoms with Crippen LogP contribution in [0.2, 0.25) is 0 Å². The highest BCUT2D eigenvalue weighted by Crippen LogP contribution is 2.02. The minimum absolute atomic E-state index is 0.146. The summed E-state index contributed by atoms with van der Waals surface area (Å²) >= 11 is 0. The summed E-state index contributed by atoms with van der Waals surface area (Å²) in [5.41, 5.74) is 7.14. The molecule has 1 amide bonds. The fraction of sp³-hybridized carbons (Fsp3) is 0.333. The zero-order valence-electron chi connectivity index (χ0n) is 9.23. The van der Waals surface area contributed by atoms with Gasteiger partial charge in [0.25, 0.3) is 0 Å². The van der Waals surface area contributed by atoms with Gasteiger partial charge < -0.3 is 11.1 Å². The van der Waals surface area contributed by atoms with E-state index >= 15 is 0 Å². The van der Waals surface area contributed by atoms with Crippen LogP contribution in [-0.2, 0) is 11.3 Å². The number of nitrogens with two attached hydrogens (primary N) is 1. The Morgan fingerprint density at radius 1 is 1.50 bits per heavy atom. The number of benzene rings is 1. The van der Waals surface area contributed by atoms with Crippen LogP contribution in [-0.4, -0.2) is 11.9 Å². The van der Waals surface area contributed by atoms with Crippen molar-refractivity contribution in [1.29, 1.82) is 5.26 Å². The molecule has 1 rings (SSSR count). The highest BCUT2D eigenvalue weighted by Gasteiger charge is 2.09. The van der Waals surface area contributed by atoms with Gasteiger partial charge in [-0.05, 0) is 24.1 Å². The Labute approximate surface area is 95.1 Å². The lowest BCUT2D eigenvalue weighted by Gasteiger charge is -2.09. The summed E-state index contributed by atoms with van der Waals surface area (Å²) < 4.78 is 0. The molecular formula is C12H15N3O. The monoisotopic (exact) mass is 217 g/mol. The van der Waals surface area contributed by atoms with Crippen molar-refractivity contribution in [3.05, 3.63) is 35.4 Å². The first kappa shape index (κ1) is 12.2. The van der Waals surface area contributed by atoms with Crippen LogP contribution in [0.5, 0.6) is 0 Å². The molecule has 16 heavy (non-hydrogen) atoms. The number of rotatable bonds is 4. The Kier molecular flexibility index (Phi) is 4.49. The van der Waals surface area contributed by atoms with Crippen molar-refractivity contribution in [3.63, 3.8) is 0 Å². The van der Waals surface area contributed by atoms with E-state index in [1.54, 1.807) is 12.1 Å². The van der Waals surface area contributed by atoms with E-state index in [1.165, 1.54) is 0 Å². The molecule has 0 aliphatic heterocycles. The van der Waals surface area contributed by atoms with E-state index in [9.17, 15) is 4.79 Å². The Balaban J connectivity index is 2.49. The molecule has 3 N–H and O–H groups in total. The lowest BCUT2D eigenvalue weighted by Crippen LogP contribution is -2.39. The van der Waals surface area contributed by atoms with Gasteiger partial charge in [-0.3, -0.25) is 4.79 Å². The standard InChI is InChI=1S/C12H15N3O/c1-2-11(14)12(16)15-8-10-5-3-9(7-13)4-6-10/h3-6,11H,2,8,14H2,1H3,(H,15,16)/t11-/m0/s1. The predicted molar refractivity (Wildman–Crippen MR) is 61.3 cm³/mol. The van der Waals surface area contributed by atoms with Gasteiger partial charge in [-0.2, -0.15) is 5.26 Å². The molecule has 84 valence electrons. The van der Waals surface area contributed by atoms with Crippen LogP contribution in [0.3, 0.4) is 0 Å². The van der Waals surface area contributed by atoms with E-state index < -0.39 is 6.04 Å². The van der Waals surface area contributed by atoms with Crippen LogP contribution in [0.4, 0.5) is 0 Å². The molecule has 0 fully saturated rings.